The molecule has 4 nitrogen and oxygen atoms in total. The van der Waals surface area contributed by atoms with Gasteiger partial charge < -0.3 is 10.2 Å². The second-order valence-corrected chi connectivity index (χ2v) is 6.74. The van der Waals surface area contributed by atoms with Crippen LogP contribution >= 0.6 is 11.8 Å². The third-order valence-electron chi connectivity index (χ3n) is 4.42. The molecule has 2 aliphatic rings. The fourth-order valence-corrected chi connectivity index (χ4v) is 3.13. The van der Waals surface area contributed by atoms with Crippen LogP contribution in [0.25, 0.3) is 0 Å². The molecular formula is C14H24N2O2S. The first kappa shape index (κ1) is 14.7. The first-order valence-corrected chi connectivity index (χ1v) is 8.55. The zero-order valence-corrected chi connectivity index (χ0v) is 12.9. The summed E-state index contributed by atoms with van der Waals surface area (Å²) in [6.07, 6.45) is 5.82. The highest BCUT2D eigenvalue weighted by atomic mass is 32.2. The Morgan fingerprint density at radius 1 is 1.42 bits per heavy atom. The van der Waals surface area contributed by atoms with Gasteiger partial charge in [-0.25, -0.2) is 0 Å². The number of piperazine rings is 1. The van der Waals surface area contributed by atoms with E-state index in [-0.39, 0.29) is 17.9 Å². The van der Waals surface area contributed by atoms with E-state index in [0.717, 1.165) is 25.0 Å². The van der Waals surface area contributed by atoms with Gasteiger partial charge in [-0.1, -0.05) is 6.92 Å². The maximum atomic E-state index is 12.6. The Bertz CT molecular complexity index is 370. The van der Waals surface area contributed by atoms with Crippen molar-refractivity contribution in [3.63, 3.8) is 0 Å². The van der Waals surface area contributed by atoms with E-state index in [9.17, 15) is 9.59 Å². The van der Waals surface area contributed by atoms with Crippen LogP contribution in [0.4, 0.5) is 0 Å². The predicted molar refractivity (Wildman–Crippen MR) is 78.1 cm³/mol. The molecule has 0 aromatic carbocycles. The summed E-state index contributed by atoms with van der Waals surface area (Å²) in [5.41, 5.74) is -0.666. The number of hydrogen-bond acceptors (Lipinski definition) is 3. The van der Waals surface area contributed by atoms with Crippen molar-refractivity contribution < 1.29 is 9.59 Å². The summed E-state index contributed by atoms with van der Waals surface area (Å²) in [4.78, 5) is 26.8. The largest absolute Gasteiger partial charge is 0.342 e. The maximum absolute atomic E-state index is 12.6. The summed E-state index contributed by atoms with van der Waals surface area (Å²) < 4.78 is 0. The van der Waals surface area contributed by atoms with Gasteiger partial charge >= 0.3 is 0 Å². The molecule has 1 N–H and O–H groups in total. The Labute approximate surface area is 119 Å². The van der Waals surface area contributed by atoms with Crippen LogP contribution < -0.4 is 5.32 Å². The van der Waals surface area contributed by atoms with E-state index in [0.29, 0.717) is 18.9 Å². The Kier molecular flexibility index (Phi) is 4.43. The molecule has 1 saturated heterocycles. The monoisotopic (exact) mass is 284 g/mol. The average Bonchev–Trinajstić information content (AvgIpc) is 3.22. The van der Waals surface area contributed by atoms with Crippen LogP contribution in [0.3, 0.4) is 0 Å². The molecule has 0 aromatic rings. The van der Waals surface area contributed by atoms with Gasteiger partial charge in [0.2, 0.25) is 11.8 Å². The van der Waals surface area contributed by atoms with E-state index < -0.39 is 5.54 Å². The van der Waals surface area contributed by atoms with Crippen LogP contribution in [0.5, 0.6) is 0 Å². The SMILES string of the molecule is CCC1(C)C(=O)NC(C2CC2)C(=O)N1CCCSC. The number of nitrogens with one attached hydrogen (secondary N) is 1. The van der Waals surface area contributed by atoms with E-state index in [2.05, 4.69) is 11.6 Å². The Balaban J connectivity index is 2.14. The molecule has 2 unspecified atom stereocenters. The van der Waals surface area contributed by atoms with E-state index in [1.54, 1.807) is 11.8 Å². The zero-order chi connectivity index (χ0) is 14.0. The van der Waals surface area contributed by atoms with Gasteiger partial charge in [0, 0.05) is 6.54 Å². The molecule has 108 valence electrons. The number of carbonyl (C=O) groups is 2. The van der Waals surface area contributed by atoms with Crippen LogP contribution in [0.15, 0.2) is 0 Å². The van der Waals surface area contributed by atoms with Crippen LogP contribution in [0, 0.1) is 5.92 Å². The Morgan fingerprint density at radius 3 is 2.63 bits per heavy atom. The topological polar surface area (TPSA) is 49.4 Å². The Morgan fingerprint density at radius 2 is 2.11 bits per heavy atom. The average molecular weight is 284 g/mol. The van der Waals surface area contributed by atoms with Gasteiger partial charge in [0.25, 0.3) is 0 Å². The van der Waals surface area contributed by atoms with Gasteiger partial charge in [0.1, 0.15) is 11.6 Å². The van der Waals surface area contributed by atoms with E-state index >= 15 is 0 Å². The molecule has 1 aliphatic carbocycles. The summed E-state index contributed by atoms with van der Waals surface area (Å²) in [6.45, 7) is 4.56. The molecule has 0 radical (unpaired) electrons. The summed E-state index contributed by atoms with van der Waals surface area (Å²) >= 11 is 1.78. The molecule has 19 heavy (non-hydrogen) atoms. The van der Waals surface area contributed by atoms with Crippen molar-refractivity contribution in [3.8, 4) is 0 Å². The van der Waals surface area contributed by atoms with Crippen molar-refractivity contribution in [3.05, 3.63) is 0 Å². The molecule has 2 fully saturated rings. The van der Waals surface area contributed by atoms with Crippen molar-refractivity contribution in [2.24, 2.45) is 5.92 Å². The third-order valence-corrected chi connectivity index (χ3v) is 5.11. The van der Waals surface area contributed by atoms with Gasteiger partial charge in [0.05, 0.1) is 0 Å². The Hall–Kier alpha value is -0.710. The molecule has 0 bridgehead atoms. The third kappa shape index (κ3) is 2.76. The van der Waals surface area contributed by atoms with Crippen LogP contribution in [0.2, 0.25) is 0 Å². The first-order chi connectivity index (χ1) is 9.04. The minimum absolute atomic E-state index is 0.0238. The number of thioether (sulfide) groups is 1. The lowest BCUT2D eigenvalue weighted by Gasteiger charge is -2.46. The van der Waals surface area contributed by atoms with Crippen LogP contribution in [0.1, 0.15) is 39.5 Å². The van der Waals surface area contributed by atoms with Crippen LogP contribution in [-0.4, -0.2) is 46.8 Å². The number of nitrogens with zero attached hydrogens (tertiary/aromatic N) is 1. The predicted octanol–water partition coefficient (Wildman–Crippen LogP) is 1.65. The molecule has 2 rings (SSSR count). The smallest absolute Gasteiger partial charge is 0.246 e. The first-order valence-electron chi connectivity index (χ1n) is 7.16. The molecule has 2 atom stereocenters. The highest BCUT2D eigenvalue weighted by molar-refractivity contribution is 7.98. The lowest BCUT2D eigenvalue weighted by atomic mass is 9.89. The minimum Gasteiger partial charge on any atom is -0.342 e. The molecular weight excluding hydrogens is 260 g/mol. The molecule has 1 heterocycles. The molecule has 5 heteroatoms. The van der Waals surface area contributed by atoms with Crippen molar-refractivity contribution in [1.82, 2.24) is 10.2 Å². The second-order valence-electron chi connectivity index (χ2n) is 5.75. The second kappa shape index (κ2) is 5.73. The van der Waals surface area contributed by atoms with E-state index in [1.165, 1.54) is 0 Å². The quantitative estimate of drug-likeness (QED) is 0.755. The lowest BCUT2D eigenvalue weighted by Crippen LogP contribution is -2.69. The fourth-order valence-electron chi connectivity index (χ4n) is 2.72. The molecule has 0 aromatic heterocycles. The zero-order valence-electron chi connectivity index (χ0n) is 12.1. The maximum Gasteiger partial charge on any atom is 0.246 e. The van der Waals surface area contributed by atoms with Gasteiger partial charge in [-0.2, -0.15) is 11.8 Å². The lowest BCUT2D eigenvalue weighted by molar-refractivity contribution is -0.157. The standard InChI is InChI=1S/C14H24N2O2S/c1-4-14(2)13(18)15-11(10-6-7-10)12(17)16(14)8-5-9-19-3/h10-11H,4-9H2,1-3H3,(H,15,18). The number of amides is 2. The molecule has 2 amide bonds. The summed E-state index contributed by atoms with van der Waals surface area (Å²) in [5.74, 6) is 1.56. The molecule has 1 aliphatic heterocycles. The van der Waals surface area contributed by atoms with Crippen molar-refractivity contribution in [2.75, 3.05) is 18.6 Å². The summed E-state index contributed by atoms with van der Waals surface area (Å²) in [6, 6.07) is -0.263. The van der Waals surface area contributed by atoms with Crippen molar-refractivity contribution in [2.45, 2.75) is 51.1 Å². The van der Waals surface area contributed by atoms with E-state index in [4.69, 9.17) is 0 Å². The fraction of sp³-hybridized carbons (Fsp3) is 0.857. The number of hydrogen-bond donors (Lipinski definition) is 1. The number of carbonyl (C=O) groups excluding carboxylic acids is 2. The van der Waals surface area contributed by atoms with Crippen molar-refractivity contribution in [1.29, 1.82) is 0 Å². The number of rotatable bonds is 6. The van der Waals surface area contributed by atoms with Crippen molar-refractivity contribution >= 4 is 23.6 Å². The normalized spacial score (nSPS) is 31.5. The molecule has 1 saturated carbocycles. The van der Waals surface area contributed by atoms with Gasteiger partial charge in [-0.05, 0) is 50.5 Å². The van der Waals surface area contributed by atoms with Crippen LogP contribution in [-0.2, 0) is 9.59 Å². The molecule has 0 spiro atoms. The summed E-state index contributed by atoms with van der Waals surface area (Å²) in [5, 5.41) is 2.95. The van der Waals surface area contributed by atoms with Gasteiger partial charge in [0.15, 0.2) is 0 Å². The highest BCUT2D eigenvalue weighted by Crippen LogP contribution is 2.37. The summed E-state index contributed by atoms with van der Waals surface area (Å²) in [7, 11) is 0. The van der Waals surface area contributed by atoms with Gasteiger partial charge in [-0.3, -0.25) is 9.59 Å². The van der Waals surface area contributed by atoms with E-state index in [1.807, 2.05) is 18.7 Å². The minimum atomic E-state index is -0.666. The van der Waals surface area contributed by atoms with Gasteiger partial charge in [-0.15, -0.1) is 0 Å². The highest BCUT2D eigenvalue weighted by Gasteiger charge is 2.51.